The van der Waals surface area contributed by atoms with Crippen molar-refractivity contribution < 1.29 is 0 Å². The molecule has 9 heteroatoms. The van der Waals surface area contributed by atoms with Crippen LogP contribution in [0.15, 0.2) is 39.0 Å². The van der Waals surface area contributed by atoms with Gasteiger partial charge < -0.3 is 4.57 Å². The van der Waals surface area contributed by atoms with Crippen molar-refractivity contribution in [2.24, 2.45) is 19.2 Å². The first kappa shape index (κ1) is 17.9. The van der Waals surface area contributed by atoms with Crippen molar-refractivity contribution in [1.29, 1.82) is 0 Å². The summed E-state index contributed by atoms with van der Waals surface area (Å²) in [5.41, 5.74) is 3.49. The van der Waals surface area contributed by atoms with Crippen LogP contribution in [0, 0.1) is 0 Å². The summed E-state index contributed by atoms with van der Waals surface area (Å²) in [5, 5.41) is 4.76. The summed E-state index contributed by atoms with van der Waals surface area (Å²) < 4.78 is 4.17. The summed E-state index contributed by atoms with van der Waals surface area (Å²) in [5.74, 6) is 0.392. The van der Waals surface area contributed by atoms with Gasteiger partial charge in [-0.3, -0.25) is 13.9 Å². The Morgan fingerprint density at radius 3 is 2.65 bits per heavy atom. The third-order valence-electron chi connectivity index (χ3n) is 4.07. The zero-order chi connectivity index (χ0) is 18.8. The van der Waals surface area contributed by atoms with Crippen LogP contribution >= 0.6 is 11.6 Å². The summed E-state index contributed by atoms with van der Waals surface area (Å²) >= 11 is 6.11. The number of halogens is 1. The van der Waals surface area contributed by atoms with Crippen LogP contribution in [-0.4, -0.2) is 24.9 Å². The number of benzene rings is 1. The maximum Gasteiger partial charge on any atom is 0.332 e. The van der Waals surface area contributed by atoms with Crippen molar-refractivity contribution in [1.82, 2.24) is 18.7 Å². The van der Waals surface area contributed by atoms with Crippen LogP contribution in [0.2, 0.25) is 5.02 Å². The molecule has 1 aromatic carbocycles. The lowest BCUT2D eigenvalue weighted by atomic mass is 10.2. The van der Waals surface area contributed by atoms with Gasteiger partial charge >= 0.3 is 5.69 Å². The highest BCUT2D eigenvalue weighted by Crippen LogP contribution is 2.17. The summed E-state index contributed by atoms with van der Waals surface area (Å²) in [6.07, 6.45) is 2.37. The minimum atomic E-state index is -0.422. The summed E-state index contributed by atoms with van der Waals surface area (Å²) in [6, 6.07) is 7.31. The Labute approximate surface area is 154 Å². The van der Waals surface area contributed by atoms with E-state index in [0.717, 1.165) is 16.6 Å². The van der Waals surface area contributed by atoms with Crippen LogP contribution in [0.5, 0.6) is 0 Å². The maximum absolute atomic E-state index is 12.6. The predicted octanol–water partition coefficient (Wildman–Crippen LogP) is 1.94. The predicted molar refractivity (Wildman–Crippen MR) is 103 cm³/mol. The Kier molecular flexibility index (Phi) is 4.94. The molecule has 0 fully saturated rings. The molecular formula is C17H19ClN6O2. The van der Waals surface area contributed by atoms with E-state index in [-0.39, 0.29) is 5.56 Å². The van der Waals surface area contributed by atoms with Gasteiger partial charge in [-0.1, -0.05) is 36.7 Å². The number of aromatic nitrogens is 4. The minimum absolute atomic E-state index is 0.321. The number of hydrazone groups is 1. The van der Waals surface area contributed by atoms with E-state index >= 15 is 0 Å². The van der Waals surface area contributed by atoms with Gasteiger partial charge in [0.2, 0.25) is 5.95 Å². The van der Waals surface area contributed by atoms with Crippen LogP contribution < -0.4 is 16.7 Å². The summed E-state index contributed by atoms with van der Waals surface area (Å²) in [7, 11) is 3.04. The van der Waals surface area contributed by atoms with Gasteiger partial charge in [0.05, 0.1) is 6.21 Å². The van der Waals surface area contributed by atoms with Crippen LogP contribution in [0.3, 0.4) is 0 Å². The molecule has 0 aliphatic carbocycles. The number of hydrogen-bond acceptors (Lipinski definition) is 5. The molecule has 2 heterocycles. The van der Waals surface area contributed by atoms with Gasteiger partial charge in [0.1, 0.15) is 0 Å². The first-order valence-electron chi connectivity index (χ1n) is 8.15. The molecule has 0 radical (unpaired) electrons. The van der Waals surface area contributed by atoms with Crippen molar-refractivity contribution in [3.8, 4) is 0 Å². The third kappa shape index (κ3) is 3.03. The van der Waals surface area contributed by atoms with Crippen molar-refractivity contribution in [2.45, 2.75) is 19.9 Å². The SMILES string of the molecule is CCCn1c(N/N=C\c2ccccc2Cl)nc2c1c(=O)n(C)c(=O)n2C. The second kappa shape index (κ2) is 7.17. The molecule has 1 N–H and O–H groups in total. The zero-order valence-corrected chi connectivity index (χ0v) is 15.5. The number of rotatable bonds is 5. The zero-order valence-electron chi connectivity index (χ0n) is 14.7. The highest BCUT2D eigenvalue weighted by atomic mass is 35.5. The van der Waals surface area contributed by atoms with E-state index in [9.17, 15) is 9.59 Å². The summed E-state index contributed by atoms with van der Waals surface area (Å²) in [6.45, 7) is 2.56. The highest BCUT2D eigenvalue weighted by molar-refractivity contribution is 6.33. The average molecular weight is 375 g/mol. The Morgan fingerprint density at radius 2 is 1.96 bits per heavy atom. The molecule has 0 aliphatic heterocycles. The molecule has 26 heavy (non-hydrogen) atoms. The molecule has 0 aliphatic rings. The van der Waals surface area contributed by atoms with Gasteiger partial charge in [0.15, 0.2) is 11.2 Å². The average Bonchev–Trinajstić information content (AvgIpc) is 2.99. The molecule has 0 bridgehead atoms. The van der Waals surface area contributed by atoms with Crippen molar-refractivity contribution in [3.63, 3.8) is 0 Å². The molecule has 2 aromatic heterocycles. The second-order valence-corrected chi connectivity index (χ2v) is 6.26. The van der Waals surface area contributed by atoms with Gasteiger partial charge in [-0.15, -0.1) is 0 Å². The first-order chi connectivity index (χ1) is 12.5. The Bertz CT molecular complexity index is 1110. The van der Waals surface area contributed by atoms with Crippen molar-refractivity contribution in [2.75, 3.05) is 5.43 Å². The number of imidazole rings is 1. The van der Waals surface area contributed by atoms with Gasteiger partial charge in [-0.2, -0.15) is 10.1 Å². The Balaban J connectivity index is 2.08. The van der Waals surface area contributed by atoms with E-state index in [0.29, 0.717) is 28.7 Å². The summed E-state index contributed by atoms with van der Waals surface area (Å²) in [4.78, 5) is 29.1. The number of fused-ring (bicyclic) bond motifs is 1. The lowest BCUT2D eigenvalue weighted by Crippen LogP contribution is -2.37. The van der Waals surface area contributed by atoms with Gasteiger partial charge in [-0.05, 0) is 12.5 Å². The van der Waals surface area contributed by atoms with Gasteiger partial charge in [0, 0.05) is 31.2 Å². The Morgan fingerprint density at radius 1 is 1.23 bits per heavy atom. The topological polar surface area (TPSA) is 86.2 Å². The molecule has 0 atom stereocenters. The number of nitrogens with zero attached hydrogens (tertiary/aromatic N) is 5. The van der Waals surface area contributed by atoms with E-state index in [2.05, 4.69) is 15.5 Å². The molecule has 3 aromatic rings. The number of hydrogen-bond donors (Lipinski definition) is 1. The fraction of sp³-hybridized carbons (Fsp3) is 0.294. The van der Waals surface area contributed by atoms with Crippen LogP contribution in [0.1, 0.15) is 18.9 Å². The van der Waals surface area contributed by atoms with Crippen molar-refractivity contribution >= 4 is 34.9 Å². The van der Waals surface area contributed by atoms with E-state index in [1.807, 2.05) is 25.1 Å². The molecule has 0 spiro atoms. The number of nitrogens with one attached hydrogen (secondary N) is 1. The molecule has 8 nitrogen and oxygen atoms in total. The van der Waals surface area contributed by atoms with Crippen molar-refractivity contribution in [3.05, 3.63) is 55.7 Å². The molecule has 0 saturated heterocycles. The van der Waals surface area contributed by atoms with E-state index in [1.54, 1.807) is 23.9 Å². The maximum atomic E-state index is 12.6. The van der Waals surface area contributed by atoms with E-state index in [4.69, 9.17) is 11.6 Å². The van der Waals surface area contributed by atoms with Gasteiger partial charge in [0.25, 0.3) is 5.56 Å². The van der Waals surface area contributed by atoms with Crippen LogP contribution in [0.4, 0.5) is 5.95 Å². The quantitative estimate of drug-likeness (QED) is 0.546. The third-order valence-corrected chi connectivity index (χ3v) is 4.41. The molecule has 136 valence electrons. The monoisotopic (exact) mass is 374 g/mol. The molecule has 0 amide bonds. The smallest absolute Gasteiger partial charge is 0.303 e. The van der Waals surface area contributed by atoms with Gasteiger partial charge in [-0.25, -0.2) is 10.2 Å². The lowest BCUT2D eigenvalue weighted by Gasteiger charge is -2.07. The van der Waals surface area contributed by atoms with Crippen LogP contribution in [0.25, 0.3) is 11.2 Å². The van der Waals surface area contributed by atoms with Crippen LogP contribution in [-0.2, 0) is 20.6 Å². The number of aryl methyl sites for hydroxylation is 2. The standard InChI is InChI=1S/C17H19ClN6O2/c1-4-9-24-13-14(22(2)17(26)23(3)15(13)25)20-16(24)21-19-10-11-7-5-6-8-12(11)18/h5-8,10H,4,9H2,1-3H3,(H,20,21)/b19-10-. The Hall–Kier alpha value is -2.87. The molecule has 0 saturated carbocycles. The second-order valence-electron chi connectivity index (χ2n) is 5.86. The first-order valence-corrected chi connectivity index (χ1v) is 8.53. The lowest BCUT2D eigenvalue weighted by molar-refractivity contribution is 0.679. The normalized spacial score (nSPS) is 11.5. The largest absolute Gasteiger partial charge is 0.332 e. The molecular weight excluding hydrogens is 356 g/mol. The van der Waals surface area contributed by atoms with E-state index in [1.165, 1.54) is 11.6 Å². The number of anilines is 1. The fourth-order valence-electron chi connectivity index (χ4n) is 2.71. The minimum Gasteiger partial charge on any atom is -0.303 e. The molecule has 0 unspecified atom stereocenters. The molecule has 3 rings (SSSR count). The highest BCUT2D eigenvalue weighted by Gasteiger charge is 2.18. The fourth-order valence-corrected chi connectivity index (χ4v) is 2.90. The van der Waals surface area contributed by atoms with E-state index < -0.39 is 5.69 Å².